The topological polar surface area (TPSA) is 79.0 Å². The fraction of sp³-hybridized carbons (Fsp3) is 0.435. The molecule has 31 heavy (non-hydrogen) atoms. The molecule has 1 saturated heterocycles. The number of nitrogens with zero attached hydrogens (tertiary/aromatic N) is 2. The Hall–Kier alpha value is -2.42. The van der Waals surface area contributed by atoms with E-state index < -0.39 is 10.0 Å². The molecule has 1 amide bonds. The van der Waals surface area contributed by atoms with Crippen LogP contribution in [0.3, 0.4) is 0 Å². The molecular formula is C23H31N3O4S. The number of benzene rings is 2. The Morgan fingerprint density at radius 3 is 2.32 bits per heavy atom. The number of sulfonamides is 1. The second-order valence-electron chi connectivity index (χ2n) is 7.90. The summed E-state index contributed by atoms with van der Waals surface area (Å²) in [5, 5.41) is 3.03. The molecule has 0 radical (unpaired) electrons. The van der Waals surface area contributed by atoms with Gasteiger partial charge in [0, 0.05) is 31.7 Å². The third kappa shape index (κ3) is 5.26. The zero-order valence-corrected chi connectivity index (χ0v) is 19.4. The van der Waals surface area contributed by atoms with Crippen LogP contribution in [-0.2, 0) is 10.0 Å². The lowest BCUT2D eigenvalue weighted by Gasteiger charge is -2.32. The Kier molecular flexibility index (Phi) is 7.35. The molecule has 0 spiro atoms. The molecule has 0 bridgehead atoms. The van der Waals surface area contributed by atoms with Crippen LogP contribution < -0.4 is 10.1 Å². The molecule has 0 aliphatic carbocycles. The van der Waals surface area contributed by atoms with Gasteiger partial charge in [0.25, 0.3) is 5.91 Å². The summed E-state index contributed by atoms with van der Waals surface area (Å²) in [7, 11) is -0.0636. The second kappa shape index (κ2) is 9.80. The van der Waals surface area contributed by atoms with Crippen molar-refractivity contribution in [3.8, 4) is 5.75 Å². The van der Waals surface area contributed by atoms with E-state index in [2.05, 4.69) is 10.2 Å². The van der Waals surface area contributed by atoms with Crippen LogP contribution in [0.1, 0.15) is 40.9 Å². The van der Waals surface area contributed by atoms with Crippen LogP contribution in [-0.4, -0.2) is 63.9 Å². The van der Waals surface area contributed by atoms with E-state index in [9.17, 15) is 13.2 Å². The summed E-state index contributed by atoms with van der Waals surface area (Å²) in [6, 6.07) is 12.3. The molecule has 1 aliphatic rings. The highest BCUT2D eigenvalue weighted by Crippen LogP contribution is 2.24. The summed E-state index contributed by atoms with van der Waals surface area (Å²) in [6.07, 6.45) is 0.705. The lowest BCUT2D eigenvalue weighted by molar-refractivity contribution is 0.0935. The van der Waals surface area contributed by atoms with Crippen molar-refractivity contribution in [2.24, 2.45) is 0 Å². The minimum absolute atomic E-state index is 0.183. The van der Waals surface area contributed by atoms with E-state index in [1.54, 1.807) is 26.2 Å². The second-order valence-corrected chi connectivity index (χ2v) is 9.80. The van der Waals surface area contributed by atoms with Gasteiger partial charge in [0.2, 0.25) is 10.0 Å². The number of ether oxygens (including phenoxy) is 1. The number of amides is 1. The molecule has 0 aromatic heterocycles. The largest absolute Gasteiger partial charge is 0.497 e. The molecule has 1 aliphatic heterocycles. The average Bonchev–Trinajstić information content (AvgIpc) is 2.78. The summed E-state index contributed by atoms with van der Waals surface area (Å²) in [5.74, 6) is 0.458. The summed E-state index contributed by atoms with van der Waals surface area (Å²) >= 11 is 0. The van der Waals surface area contributed by atoms with Gasteiger partial charge in [-0.05, 0) is 55.8 Å². The SMILES string of the molecule is CCC(NC(=O)c1ccc(C)c(S(=O)(=O)N2CCN(C)CC2)c1)c1ccc(OC)cc1. The average molecular weight is 446 g/mol. The van der Waals surface area contributed by atoms with E-state index in [0.717, 1.165) is 11.3 Å². The predicted molar refractivity (Wildman–Crippen MR) is 121 cm³/mol. The van der Waals surface area contributed by atoms with E-state index >= 15 is 0 Å². The quantitative estimate of drug-likeness (QED) is 0.709. The maximum atomic E-state index is 13.2. The number of carbonyl (C=O) groups excluding carboxylic acids is 1. The number of piperazine rings is 1. The van der Waals surface area contributed by atoms with Gasteiger partial charge < -0.3 is 15.0 Å². The Labute approximate surface area is 185 Å². The number of aryl methyl sites for hydroxylation is 1. The van der Waals surface area contributed by atoms with Gasteiger partial charge in [-0.1, -0.05) is 25.1 Å². The van der Waals surface area contributed by atoms with Crippen LogP contribution >= 0.6 is 0 Å². The molecule has 2 aromatic rings. The highest BCUT2D eigenvalue weighted by molar-refractivity contribution is 7.89. The lowest BCUT2D eigenvalue weighted by Crippen LogP contribution is -2.47. The van der Waals surface area contributed by atoms with Crippen LogP contribution in [0, 0.1) is 6.92 Å². The number of hydrogen-bond acceptors (Lipinski definition) is 5. The zero-order chi connectivity index (χ0) is 22.6. The first-order chi connectivity index (χ1) is 14.8. The minimum Gasteiger partial charge on any atom is -0.497 e. The maximum Gasteiger partial charge on any atom is 0.251 e. The smallest absolute Gasteiger partial charge is 0.251 e. The molecule has 1 heterocycles. The first-order valence-electron chi connectivity index (χ1n) is 10.5. The monoisotopic (exact) mass is 445 g/mol. The molecule has 3 rings (SSSR count). The third-order valence-corrected chi connectivity index (χ3v) is 7.80. The highest BCUT2D eigenvalue weighted by atomic mass is 32.2. The van der Waals surface area contributed by atoms with Gasteiger partial charge in [-0.25, -0.2) is 8.42 Å². The van der Waals surface area contributed by atoms with Crippen molar-refractivity contribution in [1.82, 2.24) is 14.5 Å². The number of carbonyl (C=O) groups is 1. The summed E-state index contributed by atoms with van der Waals surface area (Å²) < 4.78 is 33.1. The number of methoxy groups -OCH3 is 1. The van der Waals surface area contributed by atoms with Crippen molar-refractivity contribution in [3.05, 3.63) is 59.2 Å². The van der Waals surface area contributed by atoms with Crippen LogP contribution in [0.15, 0.2) is 47.4 Å². The Balaban J connectivity index is 1.81. The van der Waals surface area contributed by atoms with E-state index in [1.165, 1.54) is 10.4 Å². The lowest BCUT2D eigenvalue weighted by atomic mass is 10.0. The van der Waals surface area contributed by atoms with E-state index in [1.807, 2.05) is 38.2 Å². The molecule has 0 saturated carbocycles. The number of likely N-dealkylation sites (N-methyl/N-ethyl adjacent to an activating group) is 1. The number of hydrogen-bond donors (Lipinski definition) is 1. The normalized spacial score (nSPS) is 16.6. The standard InChI is InChI=1S/C23H31N3O4S/c1-5-21(18-8-10-20(30-4)11-9-18)24-23(27)19-7-6-17(2)22(16-19)31(28,29)26-14-12-25(3)13-15-26/h6-11,16,21H,5,12-15H2,1-4H3,(H,24,27). The maximum absolute atomic E-state index is 13.2. The number of rotatable bonds is 7. The van der Waals surface area contributed by atoms with Crippen LogP contribution in [0.2, 0.25) is 0 Å². The van der Waals surface area contributed by atoms with Crippen molar-refractivity contribution in [3.63, 3.8) is 0 Å². The van der Waals surface area contributed by atoms with Gasteiger partial charge >= 0.3 is 0 Å². The van der Waals surface area contributed by atoms with Crippen molar-refractivity contribution >= 4 is 15.9 Å². The summed E-state index contributed by atoms with van der Waals surface area (Å²) in [5.41, 5.74) is 1.94. The molecule has 1 N–H and O–H groups in total. The minimum atomic E-state index is -3.65. The van der Waals surface area contributed by atoms with Crippen molar-refractivity contribution in [1.29, 1.82) is 0 Å². The molecule has 2 aromatic carbocycles. The van der Waals surface area contributed by atoms with Gasteiger partial charge in [-0.15, -0.1) is 0 Å². The van der Waals surface area contributed by atoms with Gasteiger partial charge in [0.05, 0.1) is 18.0 Å². The summed E-state index contributed by atoms with van der Waals surface area (Å²) in [4.78, 5) is 15.3. The molecule has 1 fully saturated rings. The third-order valence-electron chi connectivity index (χ3n) is 5.76. The zero-order valence-electron chi connectivity index (χ0n) is 18.6. The van der Waals surface area contributed by atoms with E-state index in [0.29, 0.717) is 43.7 Å². The predicted octanol–water partition coefficient (Wildman–Crippen LogP) is 2.82. The van der Waals surface area contributed by atoms with Crippen molar-refractivity contribution in [2.45, 2.75) is 31.2 Å². The molecule has 1 atom stereocenters. The first kappa shape index (κ1) is 23.2. The van der Waals surface area contributed by atoms with Crippen molar-refractivity contribution < 1.29 is 17.9 Å². The summed E-state index contributed by atoms with van der Waals surface area (Å²) in [6.45, 7) is 6.04. The molecular weight excluding hydrogens is 414 g/mol. The van der Waals surface area contributed by atoms with Crippen LogP contribution in [0.5, 0.6) is 5.75 Å². The van der Waals surface area contributed by atoms with Gasteiger partial charge in [0.1, 0.15) is 5.75 Å². The van der Waals surface area contributed by atoms with Crippen LogP contribution in [0.25, 0.3) is 0 Å². The fourth-order valence-corrected chi connectivity index (χ4v) is 5.36. The Morgan fingerprint density at radius 2 is 1.74 bits per heavy atom. The van der Waals surface area contributed by atoms with Gasteiger partial charge in [-0.3, -0.25) is 4.79 Å². The van der Waals surface area contributed by atoms with Gasteiger partial charge in [0.15, 0.2) is 0 Å². The molecule has 8 heteroatoms. The molecule has 7 nitrogen and oxygen atoms in total. The Bertz CT molecular complexity index is 1010. The van der Waals surface area contributed by atoms with Crippen molar-refractivity contribution in [2.75, 3.05) is 40.3 Å². The fourth-order valence-electron chi connectivity index (χ4n) is 3.69. The van der Waals surface area contributed by atoms with E-state index in [-0.39, 0.29) is 16.8 Å². The van der Waals surface area contributed by atoms with E-state index in [4.69, 9.17) is 4.74 Å². The Morgan fingerprint density at radius 1 is 1.10 bits per heavy atom. The molecule has 1 unspecified atom stereocenters. The highest BCUT2D eigenvalue weighted by Gasteiger charge is 2.29. The van der Waals surface area contributed by atoms with Crippen LogP contribution in [0.4, 0.5) is 0 Å². The van der Waals surface area contributed by atoms with Gasteiger partial charge in [-0.2, -0.15) is 4.31 Å². The number of nitrogens with one attached hydrogen (secondary N) is 1. The first-order valence-corrected chi connectivity index (χ1v) is 11.9. The molecule has 168 valence electrons.